The van der Waals surface area contributed by atoms with Crippen LogP contribution in [0, 0.1) is 0 Å². The average molecular weight is 334 g/mol. The van der Waals surface area contributed by atoms with E-state index in [0.717, 1.165) is 17.3 Å². The van der Waals surface area contributed by atoms with E-state index in [2.05, 4.69) is 16.8 Å². The third-order valence-corrected chi connectivity index (χ3v) is 3.93. The zero-order valence-electron chi connectivity index (χ0n) is 12.8. The number of carbonyl (C=O) groups is 1. The van der Waals surface area contributed by atoms with E-state index in [9.17, 15) is 9.90 Å². The lowest BCUT2D eigenvalue weighted by Crippen LogP contribution is -2.24. The fourth-order valence-corrected chi connectivity index (χ4v) is 2.66. The molecule has 7 nitrogen and oxygen atoms in total. The standard InChI is InChI=1S/C15H17N3O4S/c1-4-7-18-14(16-17-15(18)23-9-13(19)20)10-5-6-11(21-2)12(8-10)22-3/h4-6,8H,1,7,9H2,2-3H3,(H,19,20)/p-1. The predicted octanol–water partition coefficient (Wildman–Crippen LogP) is 0.990. The summed E-state index contributed by atoms with van der Waals surface area (Å²) in [6.07, 6.45) is 1.69. The minimum absolute atomic E-state index is 0.193. The summed E-state index contributed by atoms with van der Waals surface area (Å²) in [7, 11) is 3.11. The number of ether oxygens (including phenoxy) is 2. The number of allylic oxidation sites excluding steroid dienone is 1. The maximum Gasteiger partial charge on any atom is 0.192 e. The van der Waals surface area contributed by atoms with Gasteiger partial charge in [0.1, 0.15) is 0 Å². The van der Waals surface area contributed by atoms with Crippen molar-refractivity contribution in [2.24, 2.45) is 0 Å². The Kier molecular flexibility index (Phi) is 5.64. The van der Waals surface area contributed by atoms with Crippen LogP contribution in [-0.4, -0.2) is 40.7 Å². The number of hydrogen-bond acceptors (Lipinski definition) is 7. The van der Waals surface area contributed by atoms with E-state index in [1.54, 1.807) is 37.0 Å². The lowest BCUT2D eigenvalue weighted by molar-refractivity contribution is -0.301. The predicted molar refractivity (Wildman–Crippen MR) is 84.5 cm³/mol. The van der Waals surface area contributed by atoms with Crippen LogP contribution in [0.2, 0.25) is 0 Å². The van der Waals surface area contributed by atoms with Crippen molar-refractivity contribution in [3.8, 4) is 22.9 Å². The van der Waals surface area contributed by atoms with Crippen LogP contribution in [0.4, 0.5) is 0 Å². The molecule has 2 aromatic rings. The van der Waals surface area contributed by atoms with E-state index in [1.807, 2.05) is 6.07 Å². The second-order valence-electron chi connectivity index (χ2n) is 4.44. The summed E-state index contributed by atoms with van der Waals surface area (Å²) >= 11 is 1.05. The Balaban J connectivity index is 2.42. The summed E-state index contributed by atoms with van der Waals surface area (Å²) in [5.74, 6) is 0.420. The van der Waals surface area contributed by atoms with Crippen molar-refractivity contribution in [2.75, 3.05) is 20.0 Å². The summed E-state index contributed by atoms with van der Waals surface area (Å²) in [6, 6.07) is 5.39. The van der Waals surface area contributed by atoms with Gasteiger partial charge in [-0.2, -0.15) is 0 Å². The Morgan fingerprint density at radius 2 is 2.09 bits per heavy atom. The minimum Gasteiger partial charge on any atom is -0.549 e. The number of thioether (sulfide) groups is 1. The Bertz CT molecular complexity index is 715. The summed E-state index contributed by atoms with van der Waals surface area (Å²) in [5.41, 5.74) is 0.775. The highest BCUT2D eigenvalue weighted by molar-refractivity contribution is 7.99. The van der Waals surface area contributed by atoms with Crippen molar-refractivity contribution in [2.45, 2.75) is 11.7 Å². The highest BCUT2D eigenvalue weighted by Crippen LogP contribution is 2.32. The van der Waals surface area contributed by atoms with Gasteiger partial charge in [0.2, 0.25) is 0 Å². The average Bonchev–Trinajstić information content (AvgIpc) is 2.95. The number of rotatable bonds is 8. The molecule has 23 heavy (non-hydrogen) atoms. The molecule has 1 aromatic carbocycles. The fourth-order valence-electron chi connectivity index (χ4n) is 2.00. The first kappa shape index (κ1) is 16.9. The van der Waals surface area contributed by atoms with E-state index in [-0.39, 0.29) is 5.75 Å². The molecule has 0 aliphatic rings. The summed E-state index contributed by atoms with van der Waals surface area (Å²) in [5, 5.41) is 19.3. The second-order valence-corrected chi connectivity index (χ2v) is 5.38. The molecule has 0 radical (unpaired) electrons. The normalized spacial score (nSPS) is 10.3. The van der Waals surface area contributed by atoms with Crippen LogP contribution in [0.3, 0.4) is 0 Å². The van der Waals surface area contributed by atoms with Crippen molar-refractivity contribution in [3.05, 3.63) is 30.9 Å². The number of aliphatic carboxylic acids is 1. The Morgan fingerprint density at radius 3 is 2.70 bits per heavy atom. The summed E-state index contributed by atoms with van der Waals surface area (Å²) in [6.45, 7) is 4.16. The number of carboxylic acid groups (broad SMARTS) is 1. The molecule has 0 N–H and O–H groups in total. The van der Waals surface area contributed by atoms with Gasteiger partial charge in [-0.15, -0.1) is 16.8 Å². The van der Waals surface area contributed by atoms with Gasteiger partial charge < -0.3 is 19.4 Å². The molecule has 122 valence electrons. The number of nitrogens with zero attached hydrogens (tertiary/aromatic N) is 3. The third kappa shape index (κ3) is 3.84. The molecule has 0 spiro atoms. The van der Waals surface area contributed by atoms with E-state index in [0.29, 0.717) is 29.0 Å². The van der Waals surface area contributed by atoms with Gasteiger partial charge in [0.05, 0.1) is 20.2 Å². The molecule has 0 atom stereocenters. The van der Waals surface area contributed by atoms with E-state index < -0.39 is 5.97 Å². The molecule has 0 aliphatic heterocycles. The maximum absolute atomic E-state index is 10.6. The number of benzene rings is 1. The van der Waals surface area contributed by atoms with Crippen LogP contribution in [-0.2, 0) is 11.3 Å². The molecule has 8 heteroatoms. The monoisotopic (exact) mass is 334 g/mol. The molecule has 0 saturated carbocycles. The second kappa shape index (κ2) is 7.68. The number of methoxy groups -OCH3 is 2. The van der Waals surface area contributed by atoms with Crippen molar-refractivity contribution in [1.82, 2.24) is 14.8 Å². The third-order valence-electron chi connectivity index (χ3n) is 2.99. The van der Waals surface area contributed by atoms with Gasteiger partial charge in [0, 0.05) is 17.9 Å². The van der Waals surface area contributed by atoms with Crippen LogP contribution in [0.15, 0.2) is 36.0 Å². The lowest BCUT2D eigenvalue weighted by atomic mass is 10.2. The van der Waals surface area contributed by atoms with Gasteiger partial charge >= 0.3 is 0 Å². The SMILES string of the molecule is C=CCn1c(SCC(=O)[O-])nnc1-c1ccc(OC)c(OC)c1. The maximum atomic E-state index is 10.6. The molecule has 0 saturated heterocycles. The van der Waals surface area contributed by atoms with Gasteiger partial charge in [-0.25, -0.2) is 0 Å². The van der Waals surface area contributed by atoms with Crippen LogP contribution < -0.4 is 14.6 Å². The van der Waals surface area contributed by atoms with E-state index in [4.69, 9.17) is 9.47 Å². The fraction of sp³-hybridized carbons (Fsp3) is 0.267. The van der Waals surface area contributed by atoms with Gasteiger partial charge in [0.25, 0.3) is 0 Å². The summed E-state index contributed by atoms with van der Waals surface area (Å²) in [4.78, 5) is 10.6. The zero-order valence-corrected chi connectivity index (χ0v) is 13.6. The molecule has 1 heterocycles. The largest absolute Gasteiger partial charge is 0.549 e. The zero-order chi connectivity index (χ0) is 16.8. The summed E-state index contributed by atoms with van der Waals surface area (Å²) < 4.78 is 12.3. The van der Waals surface area contributed by atoms with Crippen LogP contribution >= 0.6 is 11.8 Å². The van der Waals surface area contributed by atoms with E-state index >= 15 is 0 Å². The lowest BCUT2D eigenvalue weighted by Gasteiger charge is -2.11. The first-order chi connectivity index (χ1) is 11.1. The van der Waals surface area contributed by atoms with Crippen molar-refractivity contribution in [1.29, 1.82) is 0 Å². The van der Waals surface area contributed by atoms with Crippen molar-refractivity contribution in [3.63, 3.8) is 0 Å². The molecule has 2 rings (SSSR count). The van der Waals surface area contributed by atoms with Crippen molar-refractivity contribution < 1.29 is 19.4 Å². The Morgan fingerprint density at radius 1 is 1.35 bits per heavy atom. The smallest absolute Gasteiger partial charge is 0.192 e. The topological polar surface area (TPSA) is 89.3 Å². The van der Waals surface area contributed by atoms with Gasteiger partial charge in [0.15, 0.2) is 22.5 Å². The molecular formula is C15H16N3O4S-. The number of hydrogen-bond donors (Lipinski definition) is 0. The number of carbonyl (C=O) groups excluding carboxylic acids is 1. The van der Waals surface area contributed by atoms with Crippen molar-refractivity contribution >= 4 is 17.7 Å². The number of carboxylic acids is 1. The number of aromatic nitrogens is 3. The van der Waals surface area contributed by atoms with Gasteiger partial charge in [-0.05, 0) is 18.2 Å². The molecule has 0 unspecified atom stereocenters. The van der Waals surface area contributed by atoms with Gasteiger partial charge in [-0.1, -0.05) is 17.8 Å². The molecule has 0 bridgehead atoms. The van der Waals surface area contributed by atoms with Crippen LogP contribution in [0.5, 0.6) is 11.5 Å². The van der Waals surface area contributed by atoms with E-state index in [1.165, 1.54) is 0 Å². The van der Waals surface area contributed by atoms with Crippen LogP contribution in [0.25, 0.3) is 11.4 Å². The molecule has 0 fully saturated rings. The first-order valence-corrected chi connectivity index (χ1v) is 7.68. The highest BCUT2D eigenvalue weighted by atomic mass is 32.2. The minimum atomic E-state index is -1.16. The highest BCUT2D eigenvalue weighted by Gasteiger charge is 2.15. The molecular weight excluding hydrogens is 318 g/mol. The Hall–Kier alpha value is -2.48. The Labute approximate surface area is 137 Å². The molecule has 0 aliphatic carbocycles. The first-order valence-electron chi connectivity index (χ1n) is 6.69. The van der Waals surface area contributed by atoms with Gasteiger partial charge in [-0.3, -0.25) is 4.57 Å². The van der Waals surface area contributed by atoms with Crippen LogP contribution in [0.1, 0.15) is 0 Å². The quantitative estimate of drug-likeness (QED) is 0.525. The molecule has 1 aromatic heterocycles. The molecule has 0 amide bonds.